The number of benzene rings is 1. The van der Waals surface area contributed by atoms with Gasteiger partial charge in [0.05, 0.1) is 13.2 Å². The van der Waals surface area contributed by atoms with E-state index in [1.54, 1.807) is 12.1 Å². The van der Waals surface area contributed by atoms with Crippen LogP contribution in [0.25, 0.3) is 0 Å². The largest absolute Gasteiger partial charge is 0.467 e. The quantitative estimate of drug-likeness (QED) is 0.774. The van der Waals surface area contributed by atoms with E-state index in [9.17, 15) is 9.59 Å². The van der Waals surface area contributed by atoms with Crippen molar-refractivity contribution in [2.24, 2.45) is 0 Å². The number of methoxy groups -OCH3 is 1. The Morgan fingerprint density at radius 1 is 1.11 bits per heavy atom. The van der Waals surface area contributed by atoms with Gasteiger partial charge in [-0.3, -0.25) is 4.79 Å². The maximum atomic E-state index is 12.4. The molecule has 6 nitrogen and oxygen atoms in total. The van der Waals surface area contributed by atoms with Gasteiger partial charge < -0.3 is 19.7 Å². The van der Waals surface area contributed by atoms with Crippen LogP contribution in [0.3, 0.4) is 0 Å². The van der Waals surface area contributed by atoms with Crippen molar-refractivity contribution in [2.45, 2.75) is 56.7 Å². The molecule has 27 heavy (non-hydrogen) atoms. The summed E-state index contributed by atoms with van der Waals surface area (Å²) < 4.78 is 10.6. The van der Waals surface area contributed by atoms with Gasteiger partial charge in [-0.1, -0.05) is 18.0 Å². The van der Waals surface area contributed by atoms with Gasteiger partial charge in [0.15, 0.2) is 0 Å². The van der Waals surface area contributed by atoms with Gasteiger partial charge in [-0.05, 0) is 62.9 Å². The first-order valence-corrected chi connectivity index (χ1v) is 9.99. The van der Waals surface area contributed by atoms with Crippen LogP contribution in [0.4, 0.5) is 5.69 Å². The van der Waals surface area contributed by atoms with E-state index in [0.29, 0.717) is 11.4 Å². The topological polar surface area (TPSA) is 67.9 Å². The minimum absolute atomic E-state index is 0.0726. The fourth-order valence-electron chi connectivity index (χ4n) is 3.95. The third-order valence-corrected chi connectivity index (χ3v) is 5.61. The molecule has 1 aromatic rings. The standard InChI is InChI=1S/C20H27ClN2O4/c1-26-20(25)18-7-4-5-16(23(18)15-10-8-14(21)9-11-15)13-27-19(24)17-6-2-3-12-22-17/h8-11,16-18,22H,2-7,12-13H2,1H3/t16?,17-,18-/m0/s1. The van der Waals surface area contributed by atoms with Crippen molar-refractivity contribution < 1.29 is 19.1 Å². The smallest absolute Gasteiger partial charge is 0.328 e. The summed E-state index contributed by atoms with van der Waals surface area (Å²) in [5, 5.41) is 3.85. The van der Waals surface area contributed by atoms with E-state index in [0.717, 1.165) is 44.3 Å². The number of ether oxygens (including phenoxy) is 2. The maximum Gasteiger partial charge on any atom is 0.328 e. The molecule has 0 saturated carbocycles. The molecule has 2 aliphatic heterocycles. The van der Waals surface area contributed by atoms with Crippen molar-refractivity contribution in [1.29, 1.82) is 0 Å². The summed E-state index contributed by atoms with van der Waals surface area (Å²) in [5.74, 6) is -0.471. The molecule has 0 amide bonds. The molecule has 0 aliphatic carbocycles. The summed E-state index contributed by atoms with van der Waals surface area (Å²) in [4.78, 5) is 26.7. The Bertz CT molecular complexity index is 646. The molecule has 0 radical (unpaired) electrons. The highest BCUT2D eigenvalue weighted by atomic mass is 35.5. The van der Waals surface area contributed by atoms with E-state index >= 15 is 0 Å². The van der Waals surface area contributed by atoms with Gasteiger partial charge in [0, 0.05) is 10.7 Å². The second-order valence-electron chi connectivity index (χ2n) is 7.14. The number of hydrogen-bond acceptors (Lipinski definition) is 6. The highest BCUT2D eigenvalue weighted by molar-refractivity contribution is 6.30. The van der Waals surface area contributed by atoms with Crippen LogP contribution in [0.5, 0.6) is 0 Å². The second-order valence-corrected chi connectivity index (χ2v) is 7.58. The summed E-state index contributed by atoms with van der Waals surface area (Å²) in [6.45, 7) is 1.11. The Kier molecular flexibility index (Phi) is 6.96. The number of rotatable bonds is 5. The van der Waals surface area contributed by atoms with Crippen molar-refractivity contribution in [1.82, 2.24) is 5.32 Å². The third kappa shape index (κ3) is 4.93. The van der Waals surface area contributed by atoms with Crippen LogP contribution in [0.1, 0.15) is 38.5 Å². The number of nitrogens with one attached hydrogen (secondary N) is 1. The first-order chi connectivity index (χ1) is 13.1. The second kappa shape index (κ2) is 9.42. The van der Waals surface area contributed by atoms with Crippen LogP contribution >= 0.6 is 11.6 Å². The van der Waals surface area contributed by atoms with Crippen LogP contribution in [0, 0.1) is 0 Å². The minimum atomic E-state index is -0.388. The molecule has 7 heteroatoms. The summed E-state index contributed by atoms with van der Waals surface area (Å²) >= 11 is 6.02. The van der Waals surface area contributed by atoms with E-state index in [4.69, 9.17) is 21.1 Å². The first kappa shape index (κ1) is 20.0. The highest BCUT2D eigenvalue weighted by Crippen LogP contribution is 2.31. The molecule has 2 saturated heterocycles. The van der Waals surface area contributed by atoms with Crippen molar-refractivity contribution >= 4 is 29.2 Å². The number of carbonyl (C=O) groups is 2. The Hall–Kier alpha value is -1.79. The zero-order valence-corrected chi connectivity index (χ0v) is 16.4. The van der Waals surface area contributed by atoms with E-state index in [-0.39, 0.29) is 36.7 Å². The predicted molar refractivity (Wildman–Crippen MR) is 104 cm³/mol. The minimum Gasteiger partial charge on any atom is -0.467 e. The molecular formula is C20H27ClN2O4. The zero-order valence-electron chi connectivity index (χ0n) is 15.7. The van der Waals surface area contributed by atoms with Gasteiger partial charge in [0.2, 0.25) is 0 Å². The lowest BCUT2D eigenvalue weighted by atomic mass is 9.94. The van der Waals surface area contributed by atoms with Gasteiger partial charge in [-0.15, -0.1) is 0 Å². The summed E-state index contributed by atoms with van der Waals surface area (Å²) in [5.41, 5.74) is 0.881. The average Bonchev–Trinajstić information content (AvgIpc) is 2.72. The number of hydrogen-bond donors (Lipinski definition) is 1. The van der Waals surface area contributed by atoms with Crippen LogP contribution in [0.15, 0.2) is 24.3 Å². The van der Waals surface area contributed by atoms with Crippen LogP contribution in [-0.2, 0) is 19.1 Å². The lowest BCUT2D eigenvalue weighted by Gasteiger charge is -2.42. The lowest BCUT2D eigenvalue weighted by molar-refractivity contribution is -0.147. The number of esters is 2. The fourth-order valence-corrected chi connectivity index (χ4v) is 4.07. The Labute approximate surface area is 165 Å². The highest BCUT2D eigenvalue weighted by Gasteiger charge is 2.37. The molecule has 0 bridgehead atoms. The van der Waals surface area contributed by atoms with E-state index < -0.39 is 0 Å². The van der Waals surface area contributed by atoms with Gasteiger partial charge in [-0.25, -0.2) is 4.79 Å². The molecule has 2 heterocycles. The molecule has 0 aromatic heterocycles. The van der Waals surface area contributed by atoms with E-state index in [2.05, 4.69) is 5.32 Å². The van der Waals surface area contributed by atoms with E-state index in [1.807, 2.05) is 17.0 Å². The van der Waals surface area contributed by atoms with Crippen LogP contribution in [-0.4, -0.2) is 50.3 Å². The normalized spacial score (nSPS) is 25.7. The molecule has 148 valence electrons. The lowest BCUT2D eigenvalue weighted by Crippen LogP contribution is -2.53. The number of piperidine rings is 2. The summed E-state index contributed by atoms with van der Waals surface area (Å²) in [6, 6.07) is 6.70. The van der Waals surface area contributed by atoms with Gasteiger partial charge in [-0.2, -0.15) is 0 Å². The molecule has 3 atom stereocenters. The predicted octanol–water partition coefficient (Wildman–Crippen LogP) is 2.93. The van der Waals surface area contributed by atoms with Gasteiger partial charge >= 0.3 is 11.9 Å². The fraction of sp³-hybridized carbons (Fsp3) is 0.600. The van der Waals surface area contributed by atoms with Crippen molar-refractivity contribution in [3.8, 4) is 0 Å². The molecule has 2 aliphatic rings. The van der Waals surface area contributed by atoms with Crippen molar-refractivity contribution in [3.63, 3.8) is 0 Å². The van der Waals surface area contributed by atoms with Crippen molar-refractivity contribution in [3.05, 3.63) is 29.3 Å². The monoisotopic (exact) mass is 394 g/mol. The molecule has 0 spiro atoms. The van der Waals surface area contributed by atoms with Gasteiger partial charge in [0.1, 0.15) is 18.7 Å². The van der Waals surface area contributed by atoms with Crippen molar-refractivity contribution in [2.75, 3.05) is 25.2 Å². The molecule has 1 unspecified atom stereocenters. The number of halogens is 1. The number of nitrogens with zero attached hydrogens (tertiary/aromatic N) is 1. The summed E-state index contributed by atoms with van der Waals surface area (Å²) in [6.07, 6.45) is 5.39. The van der Waals surface area contributed by atoms with Crippen LogP contribution < -0.4 is 10.2 Å². The molecule has 1 aromatic carbocycles. The molecular weight excluding hydrogens is 368 g/mol. The number of anilines is 1. The van der Waals surface area contributed by atoms with Gasteiger partial charge in [0.25, 0.3) is 0 Å². The Morgan fingerprint density at radius 2 is 1.89 bits per heavy atom. The Balaban J connectivity index is 1.73. The Morgan fingerprint density at radius 3 is 2.56 bits per heavy atom. The van der Waals surface area contributed by atoms with E-state index in [1.165, 1.54) is 7.11 Å². The average molecular weight is 395 g/mol. The maximum absolute atomic E-state index is 12.4. The van der Waals surface area contributed by atoms with Crippen LogP contribution in [0.2, 0.25) is 5.02 Å². The number of carbonyl (C=O) groups excluding carboxylic acids is 2. The third-order valence-electron chi connectivity index (χ3n) is 5.35. The first-order valence-electron chi connectivity index (χ1n) is 9.62. The summed E-state index contributed by atoms with van der Waals surface area (Å²) in [7, 11) is 1.40. The molecule has 1 N–H and O–H groups in total. The zero-order chi connectivity index (χ0) is 19.2. The molecule has 2 fully saturated rings. The molecule has 3 rings (SSSR count). The SMILES string of the molecule is COC(=O)[C@@H]1CCCC(COC(=O)[C@@H]2CCCCN2)N1c1ccc(Cl)cc1.